The van der Waals surface area contributed by atoms with E-state index in [1.54, 1.807) is 12.4 Å². The van der Waals surface area contributed by atoms with Gasteiger partial charge in [-0.25, -0.2) is 9.97 Å². The van der Waals surface area contributed by atoms with E-state index in [0.29, 0.717) is 17.6 Å². The van der Waals surface area contributed by atoms with Crippen molar-refractivity contribution in [1.29, 1.82) is 5.26 Å². The first-order chi connectivity index (χ1) is 10.7. The number of piperazine rings is 1. The fourth-order valence-electron chi connectivity index (χ4n) is 2.83. The number of aryl methyl sites for hydroxylation is 1. The molecule has 1 aliphatic heterocycles. The highest BCUT2D eigenvalue weighted by molar-refractivity contribution is 7.11. The average molecular weight is 313 g/mol. The summed E-state index contributed by atoms with van der Waals surface area (Å²) in [6, 6.07) is 6.95. The molecule has 0 saturated carbocycles. The first-order valence-electron chi connectivity index (χ1n) is 7.43. The summed E-state index contributed by atoms with van der Waals surface area (Å²) < 4.78 is 0. The molecule has 22 heavy (non-hydrogen) atoms. The third-order valence-electron chi connectivity index (χ3n) is 4.00. The summed E-state index contributed by atoms with van der Waals surface area (Å²) in [5.74, 6) is 0.712. The van der Waals surface area contributed by atoms with Crippen molar-refractivity contribution >= 4 is 17.2 Å². The Labute approximate surface area is 134 Å². The van der Waals surface area contributed by atoms with Gasteiger partial charge in [0.2, 0.25) is 0 Å². The Morgan fingerprint density at radius 1 is 1.32 bits per heavy atom. The van der Waals surface area contributed by atoms with Crippen molar-refractivity contribution in [3.63, 3.8) is 0 Å². The lowest BCUT2D eigenvalue weighted by Crippen LogP contribution is -2.51. The SMILES string of the molecule is Cc1ccc(CN2CCN(c3nccnc3C#N)C[C@H]2C)s1. The van der Waals surface area contributed by atoms with E-state index in [-0.39, 0.29) is 0 Å². The Kier molecular flexibility index (Phi) is 4.36. The molecule has 3 rings (SSSR count). The minimum absolute atomic E-state index is 0.414. The molecule has 0 aromatic carbocycles. The van der Waals surface area contributed by atoms with Crippen molar-refractivity contribution in [2.45, 2.75) is 26.4 Å². The van der Waals surface area contributed by atoms with Crippen LogP contribution < -0.4 is 4.90 Å². The summed E-state index contributed by atoms with van der Waals surface area (Å²) in [5.41, 5.74) is 0.414. The molecule has 0 bridgehead atoms. The average Bonchev–Trinajstić information content (AvgIpc) is 2.94. The molecular weight excluding hydrogens is 294 g/mol. The van der Waals surface area contributed by atoms with Gasteiger partial charge >= 0.3 is 0 Å². The maximum absolute atomic E-state index is 9.18. The van der Waals surface area contributed by atoms with Crippen LogP contribution in [0.25, 0.3) is 0 Å². The van der Waals surface area contributed by atoms with Gasteiger partial charge in [-0.3, -0.25) is 4.90 Å². The molecule has 0 N–H and O–H groups in total. The number of nitriles is 1. The summed E-state index contributed by atoms with van der Waals surface area (Å²) in [6.07, 6.45) is 3.22. The van der Waals surface area contributed by atoms with Crippen molar-refractivity contribution in [3.8, 4) is 6.07 Å². The Morgan fingerprint density at radius 3 is 2.82 bits per heavy atom. The minimum atomic E-state index is 0.414. The van der Waals surface area contributed by atoms with Gasteiger partial charge in [0.1, 0.15) is 6.07 Å². The zero-order chi connectivity index (χ0) is 15.5. The lowest BCUT2D eigenvalue weighted by molar-refractivity contribution is 0.182. The van der Waals surface area contributed by atoms with E-state index in [1.807, 2.05) is 11.3 Å². The first-order valence-corrected chi connectivity index (χ1v) is 8.24. The number of thiophene rings is 1. The molecule has 2 aromatic heterocycles. The Balaban J connectivity index is 1.68. The van der Waals surface area contributed by atoms with E-state index in [4.69, 9.17) is 0 Å². The molecule has 1 fully saturated rings. The van der Waals surface area contributed by atoms with Gasteiger partial charge in [0.15, 0.2) is 11.5 Å². The second-order valence-electron chi connectivity index (χ2n) is 5.62. The van der Waals surface area contributed by atoms with Crippen LogP contribution in [0.2, 0.25) is 0 Å². The van der Waals surface area contributed by atoms with E-state index in [0.717, 1.165) is 26.2 Å². The van der Waals surface area contributed by atoms with Gasteiger partial charge in [0.25, 0.3) is 0 Å². The molecular formula is C16H19N5S. The molecule has 0 spiro atoms. The lowest BCUT2D eigenvalue weighted by Gasteiger charge is -2.40. The molecule has 1 aliphatic rings. The molecule has 5 nitrogen and oxygen atoms in total. The van der Waals surface area contributed by atoms with E-state index < -0.39 is 0 Å². The normalized spacial score (nSPS) is 19.1. The van der Waals surface area contributed by atoms with Gasteiger partial charge < -0.3 is 4.90 Å². The highest BCUT2D eigenvalue weighted by Gasteiger charge is 2.26. The minimum Gasteiger partial charge on any atom is -0.351 e. The molecule has 0 amide bonds. The van der Waals surface area contributed by atoms with Crippen molar-refractivity contribution < 1.29 is 0 Å². The van der Waals surface area contributed by atoms with Crippen LogP contribution in [0.15, 0.2) is 24.5 Å². The molecule has 0 unspecified atom stereocenters. The topological polar surface area (TPSA) is 56.1 Å². The second kappa shape index (κ2) is 6.42. The highest BCUT2D eigenvalue weighted by Crippen LogP contribution is 2.23. The molecule has 1 atom stereocenters. The third-order valence-corrected chi connectivity index (χ3v) is 4.99. The molecule has 0 aliphatic carbocycles. The first kappa shape index (κ1) is 14.9. The zero-order valence-corrected chi connectivity index (χ0v) is 13.7. The quantitative estimate of drug-likeness (QED) is 0.871. The summed E-state index contributed by atoms with van der Waals surface area (Å²) in [5, 5.41) is 9.18. The zero-order valence-electron chi connectivity index (χ0n) is 12.9. The van der Waals surface area contributed by atoms with Crippen LogP contribution in [0, 0.1) is 18.3 Å². The van der Waals surface area contributed by atoms with E-state index in [2.05, 4.69) is 51.8 Å². The summed E-state index contributed by atoms with van der Waals surface area (Å²) in [7, 11) is 0. The van der Waals surface area contributed by atoms with Gasteiger partial charge in [-0.1, -0.05) is 0 Å². The van der Waals surface area contributed by atoms with E-state index in [1.165, 1.54) is 9.75 Å². The number of hydrogen-bond donors (Lipinski definition) is 0. The number of aromatic nitrogens is 2. The smallest absolute Gasteiger partial charge is 0.183 e. The fourth-order valence-corrected chi connectivity index (χ4v) is 3.75. The van der Waals surface area contributed by atoms with Gasteiger partial charge in [-0.2, -0.15) is 5.26 Å². The van der Waals surface area contributed by atoms with Gasteiger partial charge in [0.05, 0.1) is 0 Å². The Morgan fingerprint density at radius 2 is 2.14 bits per heavy atom. The predicted molar refractivity (Wildman–Crippen MR) is 87.9 cm³/mol. The monoisotopic (exact) mass is 313 g/mol. The Bertz CT molecular complexity index is 690. The van der Waals surface area contributed by atoms with Crippen LogP contribution in [0.1, 0.15) is 22.4 Å². The maximum Gasteiger partial charge on any atom is 0.183 e. The van der Waals surface area contributed by atoms with Crippen molar-refractivity contribution in [1.82, 2.24) is 14.9 Å². The van der Waals surface area contributed by atoms with Crippen LogP contribution in [0.5, 0.6) is 0 Å². The number of nitrogens with zero attached hydrogens (tertiary/aromatic N) is 5. The van der Waals surface area contributed by atoms with Crippen LogP contribution >= 0.6 is 11.3 Å². The molecule has 114 valence electrons. The summed E-state index contributed by atoms with van der Waals surface area (Å²) in [6.45, 7) is 8.10. The van der Waals surface area contributed by atoms with Crippen LogP contribution in [-0.4, -0.2) is 40.5 Å². The maximum atomic E-state index is 9.18. The van der Waals surface area contributed by atoms with Gasteiger partial charge in [-0.15, -0.1) is 11.3 Å². The summed E-state index contributed by atoms with van der Waals surface area (Å²) in [4.78, 5) is 15.9. The highest BCUT2D eigenvalue weighted by atomic mass is 32.1. The summed E-state index contributed by atoms with van der Waals surface area (Å²) >= 11 is 1.87. The number of anilines is 1. The van der Waals surface area contributed by atoms with Crippen molar-refractivity contribution in [3.05, 3.63) is 40.0 Å². The fraction of sp³-hybridized carbons (Fsp3) is 0.438. The van der Waals surface area contributed by atoms with E-state index >= 15 is 0 Å². The molecule has 3 heterocycles. The van der Waals surface area contributed by atoms with Gasteiger partial charge in [-0.05, 0) is 26.0 Å². The number of rotatable bonds is 3. The second-order valence-corrected chi connectivity index (χ2v) is 6.99. The van der Waals surface area contributed by atoms with Crippen molar-refractivity contribution in [2.75, 3.05) is 24.5 Å². The van der Waals surface area contributed by atoms with Gasteiger partial charge in [0, 0.05) is 54.4 Å². The van der Waals surface area contributed by atoms with Crippen molar-refractivity contribution in [2.24, 2.45) is 0 Å². The van der Waals surface area contributed by atoms with Crippen LogP contribution in [-0.2, 0) is 6.54 Å². The lowest BCUT2D eigenvalue weighted by atomic mass is 10.1. The van der Waals surface area contributed by atoms with Crippen LogP contribution in [0.4, 0.5) is 5.82 Å². The predicted octanol–water partition coefficient (Wildman–Crippen LogP) is 2.43. The largest absolute Gasteiger partial charge is 0.351 e. The molecule has 6 heteroatoms. The molecule has 2 aromatic rings. The third kappa shape index (κ3) is 3.11. The van der Waals surface area contributed by atoms with E-state index in [9.17, 15) is 5.26 Å². The molecule has 1 saturated heterocycles. The van der Waals surface area contributed by atoms with Crippen LogP contribution in [0.3, 0.4) is 0 Å². The Hall–Kier alpha value is -1.97. The standard InChI is InChI=1S/C16H19N5S/c1-12-10-21(16-15(9-17)18-5-6-19-16)8-7-20(12)11-14-4-3-13(2)22-14/h3-6,12H,7-8,10-11H2,1-2H3/t12-/m1/s1. The number of hydrogen-bond acceptors (Lipinski definition) is 6. The molecule has 0 radical (unpaired) electrons.